The van der Waals surface area contributed by atoms with E-state index in [1.807, 2.05) is 12.3 Å². The van der Waals surface area contributed by atoms with Crippen molar-refractivity contribution in [3.8, 4) is 11.1 Å². The number of rotatable bonds is 7. The molecule has 2 aromatic heterocycles. The molecule has 7 heteroatoms. The number of aliphatic carboxylic acids is 1. The van der Waals surface area contributed by atoms with Gasteiger partial charge in [-0.3, -0.25) is 0 Å². The van der Waals surface area contributed by atoms with Gasteiger partial charge in [-0.15, -0.1) is 11.3 Å². The third kappa shape index (κ3) is 3.76. The van der Waals surface area contributed by atoms with Gasteiger partial charge in [0.2, 0.25) is 0 Å². The summed E-state index contributed by atoms with van der Waals surface area (Å²) in [6.45, 7) is 2.02. The predicted molar refractivity (Wildman–Crippen MR) is 97.4 cm³/mol. The van der Waals surface area contributed by atoms with Crippen molar-refractivity contribution < 1.29 is 14.3 Å². The zero-order valence-corrected chi connectivity index (χ0v) is 14.5. The molecule has 0 saturated carbocycles. The van der Waals surface area contributed by atoms with E-state index in [0.717, 1.165) is 34.2 Å². The maximum Gasteiger partial charge on any atom is 0.326 e. The number of carboxylic acid groups (broad SMARTS) is 1. The maximum absolute atomic E-state index is 13.2. The van der Waals surface area contributed by atoms with Crippen LogP contribution in [0.3, 0.4) is 0 Å². The van der Waals surface area contributed by atoms with E-state index in [-0.39, 0.29) is 5.82 Å². The molecular formula is C18H18FN3O2S. The molecule has 1 unspecified atom stereocenters. The van der Waals surface area contributed by atoms with Crippen molar-refractivity contribution in [3.63, 3.8) is 0 Å². The van der Waals surface area contributed by atoms with Crippen molar-refractivity contribution in [2.45, 2.75) is 32.2 Å². The third-order valence-electron chi connectivity index (χ3n) is 3.98. The van der Waals surface area contributed by atoms with Crippen LogP contribution in [0.1, 0.15) is 26.2 Å². The average Bonchev–Trinajstić information content (AvgIpc) is 3.04. The average molecular weight is 359 g/mol. The number of nitrogens with one attached hydrogen (secondary N) is 1. The zero-order valence-electron chi connectivity index (χ0n) is 13.7. The largest absolute Gasteiger partial charge is 0.480 e. The molecule has 0 amide bonds. The van der Waals surface area contributed by atoms with E-state index in [9.17, 15) is 14.3 Å². The molecule has 0 spiro atoms. The summed E-state index contributed by atoms with van der Waals surface area (Å²) in [5.74, 6) is -0.712. The Kier molecular flexibility index (Phi) is 5.23. The number of nitrogens with zero attached hydrogens (tertiary/aromatic N) is 2. The van der Waals surface area contributed by atoms with Gasteiger partial charge in [0, 0.05) is 10.9 Å². The Hall–Kier alpha value is -2.54. The summed E-state index contributed by atoms with van der Waals surface area (Å²) < 4.78 is 13.2. The van der Waals surface area contributed by atoms with Gasteiger partial charge in [-0.05, 0) is 24.1 Å². The van der Waals surface area contributed by atoms with Crippen LogP contribution < -0.4 is 5.32 Å². The summed E-state index contributed by atoms with van der Waals surface area (Å²) in [5, 5.41) is 15.2. The van der Waals surface area contributed by atoms with Crippen LogP contribution in [0.4, 0.5) is 10.2 Å². The molecule has 1 atom stereocenters. The van der Waals surface area contributed by atoms with Crippen LogP contribution in [-0.4, -0.2) is 27.1 Å². The number of unbranched alkanes of at least 4 members (excludes halogenated alkanes) is 1. The lowest BCUT2D eigenvalue weighted by molar-refractivity contribution is -0.138. The van der Waals surface area contributed by atoms with Gasteiger partial charge in [0.1, 0.15) is 28.8 Å². The normalized spacial score (nSPS) is 12.2. The Labute approximate surface area is 148 Å². The first-order valence-electron chi connectivity index (χ1n) is 8.07. The van der Waals surface area contributed by atoms with Gasteiger partial charge in [-0.25, -0.2) is 19.2 Å². The molecule has 1 aromatic carbocycles. The van der Waals surface area contributed by atoms with Crippen LogP contribution in [0, 0.1) is 5.82 Å². The molecule has 0 fully saturated rings. The minimum absolute atomic E-state index is 0.302. The number of hydrogen-bond acceptors (Lipinski definition) is 5. The number of hydrogen-bond donors (Lipinski definition) is 2. The van der Waals surface area contributed by atoms with Crippen LogP contribution in [0.25, 0.3) is 21.3 Å². The Balaban J connectivity index is 2.02. The van der Waals surface area contributed by atoms with E-state index in [2.05, 4.69) is 15.3 Å². The van der Waals surface area contributed by atoms with Crippen molar-refractivity contribution >= 4 is 33.3 Å². The number of carbonyl (C=O) groups is 1. The van der Waals surface area contributed by atoms with E-state index in [1.54, 1.807) is 12.1 Å². The molecule has 0 aliphatic carbocycles. The molecule has 25 heavy (non-hydrogen) atoms. The van der Waals surface area contributed by atoms with Gasteiger partial charge in [0.15, 0.2) is 0 Å². The predicted octanol–water partition coefficient (Wildman–Crippen LogP) is 4.55. The van der Waals surface area contributed by atoms with Crippen LogP contribution in [0.5, 0.6) is 0 Å². The molecule has 0 aliphatic rings. The van der Waals surface area contributed by atoms with Gasteiger partial charge in [-0.2, -0.15) is 0 Å². The van der Waals surface area contributed by atoms with Crippen molar-refractivity contribution in [1.82, 2.24) is 9.97 Å². The molecular weight excluding hydrogens is 341 g/mol. The number of thiophene rings is 1. The first-order chi connectivity index (χ1) is 12.1. The standard InChI is InChI=1S/C18H18FN3O2S/c1-2-3-4-14(18(23)24)22-16-15-13(9-25-17(15)21-10-20-16)11-5-7-12(19)8-6-11/h5-10,14H,2-4H2,1H3,(H,23,24)(H,20,21,22). The molecule has 0 aliphatic heterocycles. The highest BCUT2D eigenvalue weighted by atomic mass is 32.1. The van der Waals surface area contributed by atoms with E-state index in [1.165, 1.54) is 29.8 Å². The van der Waals surface area contributed by atoms with Gasteiger partial charge in [0.05, 0.1) is 5.39 Å². The summed E-state index contributed by atoms with van der Waals surface area (Å²) >= 11 is 1.45. The summed E-state index contributed by atoms with van der Waals surface area (Å²) in [5.41, 5.74) is 1.70. The lowest BCUT2D eigenvalue weighted by Gasteiger charge is -2.15. The molecule has 0 saturated heterocycles. The van der Waals surface area contributed by atoms with Crippen LogP contribution in [0.2, 0.25) is 0 Å². The number of anilines is 1. The van der Waals surface area contributed by atoms with Crippen LogP contribution in [0.15, 0.2) is 36.0 Å². The van der Waals surface area contributed by atoms with E-state index >= 15 is 0 Å². The fourth-order valence-electron chi connectivity index (χ4n) is 2.66. The zero-order chi connectivity index (χ0) is 17.8. The Morgan fingerprint density at radius 2 is 2.08 bits per heavy atom. The van der Waals surface area contributed by atoms with Gasteiger partial charge >= 0.3 is 5.97 Å². The fourth-order valence-corrected chi connectivity index (χ4v) is 3.57. The minimum Gasteiger partial charge on any atom is -0.480 e. The second kappa shape index (κ2) is 7.57. The molecule has 3 rings (SSSR count). The Morgan fingerprint density at radius 3 is 2.76 bits per heavy atom. The van der Waals surface area contributed by atoms with Crippen molar-refractivity contribution in [2.75, 3.05) is 5.32 Å². The van der Waals surface area contributed by atoms with E-state index in [4.69, 9.17) is 0 Å². The van der Waals surface area contributed by atoms with Gasteiger partial charge in [0.25, 0.3) is 0 Å². The number of fused-ring (bicyclic) bond motifs is 1. The lowest BCUT2D eigenvalue weighted by atomic mass is 10.1. The summed E-state index contributed by atoms with van der Waals surface area (Å²) in [4.78, 5) is 20.8. The van der Waals surface area contributed by atoms with Crippen LogP contribution in [-0.2, 0) is 4.79 Å². The monoisotopic (exact) mass is 359 g/mol. The second-order valence-corrected chi connectivity index (χ2v) is 6.59. The number of halogens is 1. The fraction of sp³-hybridized carbons (Fsp3) is 0.278. The summed E-state index contributed by atoms with van der Waals surface area (Å²) in [6.07, 6.45) is 3.68. The van der Waals surface area contributed by atoms with Crippen molar-refractivity contribution in [3.05, 3.63) is 41.8 Å². The van der Waals surface area contributed by atoms with E-state index < -0.39 is 12.0 Å². The minimum atomic E-state index is -0.904. The van der Waals surface area contributed by atoms with Crippen molar-refractivity contribution in [1.29, 1.82) is 0 Å². The highest BCUT2D eigenvalue weighted by Gasteiger charge is 2.20. The Bertz CT molecular complexity index is 880. The summed E-state index contributed by atoms with van der Waals surface area (Å²) in [7, 11) is 0. The van der Waals surface area contributed by atoms with Gasteiger partial charge < -0.3 is 10.4 Å². The number of benzene rings is 1. The van der Waals surface area contributed by atoms with Gasteiger partial charge in [-0.1, -0.05) is 31.9 Å². The first-order valence-corrected chi connectivity index (χ1v) is 8.95. The quantitative estimate of drug-likeness (QED) is 0.647. The highest BCUT2D eigenvalue weighted by molar-refractivity contribution is 7.17. The smallest absolute Gasteiger partial charge is 0.326 e. The van der Waals surface area contributed by atoms with E-state index in [0.29, 0.717) is 12.2 Å². The van der Waals surface area contributed by atoms with Crippen LogP contribution >= 0.6 is 11.3 Å². The molecule has 2 N–H and O–H groups in total. The molecule has 2 heterocycles. The SMILES string of the molecule is CCCCC(Nc1ncnc2scc(-c3ccc(F)cc3)c12)C(=O)O. The number of aromatic nitrogens is 2. The molecule has 0 bridgehead atoms. The topological polar surface area (TPSA) is 75.1 Å². The summed E-state index contributed by atoms with van der Waals surface area (Å²) in [6, 6.07) is 5.48. The molecule has 0 radical (unpaired) electrons. The first kappa shape index (κ1) is 17.3. The molecule has 3 aromatic rings. The maximum atomic E-state index is 13.2. The lowest BCUT2D eigenvalue weighted by Crippen LogP contribution is -2.29. The Morgan fingerprint density at radius 1 is 1.32 bits per heavy atom. The van der Waals surface area contributed by atoms with Crippen molar-refractivity contribution in [2.24, 2.45) is 0 Å². The number of carboxylic acids is 1. The highest BCUT2D eigenvalue weighted by Crippen LogP contribution is 2.36. The molecule has 130 valence electrons. The third-order valence-corrected chi connectivity index (χ3v) is 4.87. The second-order valence-electron chi connectivity index (χ2n) is 5.74. The molecule has 5 nitrogen and oxygen atoms in total.